The van der Waals surface area contributed by atoms with Crippen LogP contribution in [-0.4, -0.2) is 42.8 Å². The Balaban J connectivity index is 1.51. The van der Waals surface area contributed by atoms with Crippen molar-refractivity contribution in [1.29, 1.82) is 0 Å². The monoisotopic (exact) mass is 544 g/mol. The normalized spacial score (nSPS) is 16.3. The number of pyridine rings is 1. The average molecular weight is 545 g/mol. The number of furan rings is 1. The lowest BCUT2D eigenvalue weighted by Gasteiger charge is -2.31. The second-order valence-corrected chi connectivity index (χ2v) is 10.4. The SMILES string of the molecule is Cc1ccc2[nH]c(=O)c([C@@H](c3nnnn3C[C@@H]3CCCO3)N(Cc3ccco3)Cc3ccccc3Cl)cc2c1. The predicted molar refractivity (Wildman–Crippen MR) is 147 cm³/mol. The first-order valence-electron chi connectivity index (χ1n) is 13.1. The molecule has 0 unspecified atom stereocenters. The van der Waals surface area contributed by atoms with E-state index < -0.39 is 6.04 Å². The Bertz CT molecular complexity index is 1620. The van der Waals surface area contributed by atoms with Crippen molar-refractivity contribution in [2.24, 2.45) is 0 Å². The van der Waals surface area contributed by atoms with Gasteiger partial charge in [-0.2, -0.15) is 0 Å². The van der Waals surface area contributed by atoms with Crippen LogP contribution in [0.15, 0.2) is 76.1 Å². The highest BCUT2D eigenvalue weighted by Gasteiger charge is 2.32. The fraction of sp³-hybridized carbons (Fsp3) is 0.310. The fourth-order valence-corrected chi connectivity index (χ4v) is 5.45. The van der Waals surface area contributed by atoms with Gasteiger partial charge in [-0.25, -0.2) is 4.68 Å². The molecular weight excluding hydrogens is 516 g/mol. The van der Waals surface area contributed by atoms with Crippen LogP contribution in [0.25, 0.3) is 10.9 Å². The number of tetrazole rings is 1. The Hall–Kier alpha value is -3.79. The van der Waals surface area contributed by atoms with Gasteiger partial charge in [-0.15, -0.1) is 5.10 Å². The van der Waals surface area contributed by atoms with Gasteiger partial charge in [0.15, 0.2) is 5.82 Å². The average Bonchev–Trinajstić information content (AvgIpc) is 3.71. The van der Waals surface area contributed by atoms with E-state index in [-0.39, 0.29) is 11.7 Å². The molecule has 4 heterocycles. The van der Waals surface area contributed by atoms with Crippen LogP contribution in [0.4, 0.5) is 0 Å². The molecule has 10 heteroatoms. The van der Waals surface area contributed by atoms with Crippen LogP contribution in [0, 0.1) is 6.92 Å². The molecule has 3 aromatic heterocycles. The van der Waals surface area contributed by atoms with Crippen molar-refractivity contribution in [2.75, 3.05) is 6.61 Å². The van der Waals surface area contributed by atoms with E-state index in [0.29, 0.717) is 36.0 Å². The summed E-state index contributed by atoms with van der Waals surface area (Å²) in [5, 5.41) is 14.4. The fourth-order valence-electron chi connectivity index (χ4n) is 5.25. The minimum atomic E-state index is -0.601. The Labute approximate surface area is 230 Å². The van der Waals surface area contributed by atoms with Gasteiger partial charge >= 0.3 is 0 Å². The van der Waals surface area contributed by atoms with Crippen LogP contribution in [-0.2, 0) is 24.4 Å². The lowest BCUT2D eigenvalue weighted by Crippen LogP contribution is -2.35. The summed E-state index contributed by atoms with van der Waals surface area (Å²) < 4.78 is 13.4. The Kier molecular flexibility index (Phi) is 7.28. The molecule has 1 fully saturated rings. The van der Waals surface area contributed by atoms with Gasteiger partial charge in [0, 0.05) is 29.3 Å². The van der Waals surface area contributed by atoms with Crippen LogP contribution < -0.4 is 5.56 Å². The molecule has 2 atom stereocenters. The number of aromatic amines is 1. The molecule has 1 aliphatic rings. The van der Waals surface area contributed by atoms with E-state index in [1.807, 2.05) is 61.5 Å². The van der Waals surface area contributed by atoms with E-state index >= 15 is 0 Å². The van der Waals surface area contributed by atoms with Gasteiger partial charge in [-0.3, -0.25) is 9.69 Å². The number of rotatable bonds is 9. The van der Waals surface area contributed by atoms with Gasteiger partial charge in [0.2, 0.25) is 0 Å². The molecule has 200 valence electrons. The summed E-state index contributed by atoms with van der Waals surface area (Å²) in [5.74, 6) is 1.31. The maximum atomic E-state index is 13.7. The summed E-state index contributed by atoms with van der Waals surface area (Å²) in [6.45, 7) is 4.10. The molecule has 5 aromatic rings. The number of nitrogens with zero attached hydrogens (tertiary/aromatic N) is 5. The van der Waals surface area contributed by atoms with Gasteiger partial charge in [-0.05, 0) is 77.5 Å². The summed E-state index contributed by atoms with van der Waals surface area (Å²) in [6, 6.07) is 18.8. The number of aromatic nitrogens is 5. The highest BCUT2D eigenvalue weighted by atomic mass is 35.5. The highest BCUT2D eigenvalue weighted by Crippen LogP contribution is 2.32. The minimum Gasteiger partial charge on any atom is -0.468 e. The molecule has 1 N–H and O–H groups in total. The van der Waals surface area contributed by atoms with E-state index in [1.54, 1.807) is 10.9 Å². The van der Waals surface area contributed by atoms with Crippen LogP contribution in [0.3, 0.4) is 0 Å². The Morgan fingerprint density at radius 1 is 1.15 bits per heavy atom. The number of benzene rings is 2. The first-order valence-corrected chi connectivity index (χ1v) is 13.4. The zero-order chi connectivity index (χ0) is 26.8. The third kappa shape index (κ3) is 5.52. The lowest BCUT2D eigenvalue weighted by atomic mass is 10.0. The number of nitrogens with one attached hydrogen (secondary N) is 1. The summed E-state index contributed by atoms with van der Waals surface area (Å²) in [7, 11) is 0. The molecule has 6 rings (SSSR count). The zero-order valence-corrected chi connectivity index (χ0v) is 22.3. The van der Waals surface area contributed by atoms with E-state index in [2.05, 4.69) is 31.5 Å². The largest absolute Gasteiger partial charge is 0.468 e. The topological polar surface area (TPSA) is 102 Å². The van der Waals surface area contributed by atoms with Gasteiger partial charge in [0.25, 0.3) is 5.56 Å². The smallest absolute Gasteiger partial charge is 0.253 e. The highest BCUT2D eigenvalue weighted by molar-refractivity contribution is 6.31. The summed E-state index contributed by atoms with van der Waals surface area (Å²) in [4.78, 5) is 18.9. The second-order valence-electron chi connectivity index (χ2n) is 9.98. The van der Waals surface area contributed by atoms with Crippen LogP contribution in [0.2, 0.25) is 5.02 Å². The molecule has 0 saturated carbocycles. The van der Waals surface area contributed by atoms with Gasteiger partial charge in [-0.1, -0.05) is 41.4 Å². The Morgan fingerprint density at radius 3 is 2.85 bits per heavy atom. The number of fused-ring (bicyclic) bond motifs is 1. The zero-order valence-electron chi connectivity index (χ0n) is 21.6. The number of H-pyrrole nitrogens is 1. The van der Waals surface area contributed by atoms with Crippen LogP contribution >= 0.6 is 11.6 Å². The molecule has 1 aliphatic heterocycles. The summed E-state index contributed by atoms with van der Waals surface area (Å²) in [5.41, 5.74) is 3.13. The maximum absolute atomic E-state index is 13.7. The third-order valence-corrected chi connectivity index (χ3v) is 7.53. The van der Waals surface area contributed by atoms with Crippen molar-refractivity contribution in [3.8, 4) is 0 Å². The molecular formula is C29H29ClN6O3. The summed E-state index contributed by atoms with van der Waals surface area (Å²) >= 11 is 6.62. The first-order chi connectivity index (χ1) is 19.0. The van der Waals surface area contributed by atoms with Crippen molar-refractivity contribution in [3.05, 3.63) is 111 Å². The number of halogens is 1. The van der Waals surface area contributed by atoms with Crippen LogP contribution in [0.5, 0.6) is 0 Å². The number of ether oxygens (including phenoxy) is 1. The van der Waals surface area contributed by atoms with Crippen molar-refractivity contribution in [3.63, 3.8) is 0 Å². The molecule has 9 nitrogen and oxygen atoms in total. The third-order valence-electron chi connectivity index (χ3n) is 7.16. The standard InChI is InChI=1S/C29H29ClN6O3/c1-19-10-11-26-21(14-19)15-24(29(37)31-26)27(28-32-33-34-36(28)18-23-8-5-13-39-23)35(17-22-7-4-12-38-22)16-20-6-2-3-9-25(20)30/h2-4,6-7,9-12,14-15,23,27H,5,8,13,16-18H2,1H3,(H,31,37)/t23-,27-/m0/s1. The Morgan fingerprint density at radius 2 is 2.05 bits per heavy atom. The van der Waals surface area contributed by atoms with E-state index in [4.69, 9.17) is 20.8 Å². The van der Waals surface area contributed by atoms with Gasteiger partial charge in [0.05, 0.1) is 25.5 Å². The molecule has 0 radical (unpaired) electrons. The predicted octanol–water partition coefficient (Wildman–Crippen LogP) is 5.04. The van der Waals surface area contributed by atoms with Crippen molar-refractivity contribution < 1.29 is 9.15 Å². The van der Waals surface area contributed by atoms with E-state index in [1.165, 1.54) is 0 Å². The quantitative estimate of drug-likeness (QED) is 0.277. The second kappa shape index (κ2) is 11.1. The molecule has 1 saturated heterocycles. The van der Waals surface area contributed by atoms with Crippen molar-refractivity contribution in [2.45, 2.75) is 51.5 Å². The van der Waals surface area contributed by atoms with Gasteiger partial charge < -0.3 is 14.1 Å². The van der Waals surface area contributed by atoms with E-state index in [9.17, 15) is 4.79 Å². The van der Waals surface area contributed by atoms with Crippen LogP contribution in [0.1, 0.15) is 47.2 Å². The number of aryl methyl sites for hydroxylation is 1. The number of hydrogen-bond acceptors (Lipinski definition) is 7. The lowest BCUT2D eigenvalue weighted by molar-refractivity contribution is 0.0901. The number of hydrogen-bond donors (Lipinski definition) is 1. The maximum Gasteiger partial charge on any atom is 0.253 e. The van der Waals surface area contributed by atoms with Crippen molar-refractivity contribution >= 4 is 22.5 Å². The van der Waals surface area contributed by atoms with Gasteiger partial charge in [0.1, 0.15) is 11.8 Å². The molecule has 39 heavy (non-hydrogen) atoms. The minimum absolute atomic E-state index is 0.0209. The van der Waals surface area contributed by atoms with E-state index in [0.717, 1.165) is 47.2 Å². The molecule has 0 amide bonds. The molecule has 0 spiro atoms. The molecule has 2 aromatic carbocycles. The first kappa shape index (κ1) is 25.5. The van der Waals surface area contributed by atoms with Crippen molar-refractivity contribution in [1.82, 2.24) is 30.1 Å². The molecule has 0 bridgehead atoms. The summed E-state index contributed by atoms with van der Waals surface area (Å²) in [6.07, 6.45) is 3.61. The molecule has 0 aliphatic carbocycles.